The number of allylic oxidation sites excluding steroid dienone is 18. The van der Waals surface area contributed by atoms with E-state index < -0.39 is 24.3 Å². The van der Waals surface area contributed by atoms with Crippen LogP contribution in [0.3, 0.4) is 0 Å². The predicted octanol–water partition coefficient (Wildman–Crippen LogP) is 17.9. The van der Waals surface area contributed by atoms with Gasteiger partial charge in [-0.25, -0.2) is 4.79 Å². The minimum absolute atomic E-state index is 0.181. The molecule has 2 atom stereocenters. The number of nitrogens with zero attached hydrogens (tertiary/aromatic N) is 1. The monoisotopic (exact) mass is 1050 g/mol. The van der Waals surface area contributed by atoms with Crippen molar-refractivity contribution in [2.45, 2.75) is 245 Å². The maximum atomic E-state index is 12.9. The normalized spacial score (nSPS) is 13.6. The topological polar surface area (TPSA) is 108 Å². The van der Waals surface area contributed by atoms with Gasteiger partial charge in [0.2, 0.25) is 0 Å². The van der Waals surface area contributed by atoms with Gasteiger partial charge in [-0.15, -0.1) is 0 Å². The number of ether oxygens (including phenoxy) is 4. The van der Waals surface area contributed by atoms with Crippen LogP contribution in [0.5, 0.6) is 0 Å². The third kappa shape index (κ3) is 57.5. The maximum Gasteiger partial charge on any atom is 0.361 e. The SMILES string of the molecule is CC/C=C\C/C=C\C/C=C\C/C=C\C/C=C\C/C=C\C/C=C\C/C=C\C/C=C\CCCCCCCCCC(=O)OC(COC(=O)CCCCCCCCCCCCCCCCC)COC(OCC[N+](C)(C)C)C(=O)O. The Balaban J connectivity index is 4.23. The molecule has 2 unspecified atom stereocenters. The first-order valence-electron chi connectivity index (χ1n) is 30.1. The number of aliphatic carboxylic acids is 1. The van der Waals surface area contributed by atoms with Crippen LogP contribution in [-0.2, 0) is 33.3 Å². The Morgan fingerprint density at radius 3 is 1.13 bits per heavy atom. The zero-order chi connectivity index (χ0) is 54.8. The minimum Gasteiger partial charge on any atom is -0.477 e. The molecule has 0 saturated carbocycles. The third-order valence-electron chi connectivity index (χ3n) is 12.5. The van der Waals surface area contributed by atoms with Gasteiger partial charge in [-0.05, 0) is 83.5 Å². The van der Waals surface area contributed by atoms with Crippen LogP contribution in [0.2, 0.25) is 0 Å². The van der Waals surface area contributed by atoms with Crippen molar-refractivity contribution in [3.8, 4) is 0 Å². The number of carboxylic acids is 1. The second-order valence-corrected chi connectivity index (χ2v) is 20.9. The fourth-order valence-corrected chi connectivity index (χ4v) is 7.95. The smallest absolute Gasteiger partial charge is 0.361 e. The molecule has 75 heavy (non-hydrogen) atoms. The summed E-state index contributed by atoms with van der Waals surface area (Å²) < 4.78 is 22.9. The van der Waals surface area contributed by atoms with Crippen LogP contribution in [0.4, 0.5) is 0 Å². The molecule has 1 N–H and O–H groups in total. The van der Waals surface area contributed by atoms with E-state index in [4.69, 9.17) is 18.9 Å². The number of carbonyl (C=O) groups excluding carboxylic acids is 2. The molecule has 0 spiro atoms. The molecule has 0 aromatic carbocycles. The number of carbonyl (C=O) groups is 3. The summed E-state index contributed by atoms with van der Waals surface area (Å²) in [6.45, 7) is 4.75. The van der Waals surface area contributed by atoms with Crippen LogP contribution in [0, 0.1) is 0 Å². The van der Waals surface area contributed by atoms with Crippen molar-refractivity contribution < 1.29 is 42.9 Å². The zero-order valence-corrected chi connectivity index (χ0v) is 48.7. The Morgan fingerprint density at radius 2 is 0.760 bits per heavy atom. The van der Waals surface area contributed by atoms with Crippen molar-refractivity contribution in [2.24, 2.45) is 0 Å². The van der Waals surface area contributed by atoms with E-state index in [2.05, 4.69) is 123 Å². The average Bonchev–Trinajstić information content (AvgIpc) is 3.38. The molecular formula is C66H112NO8+. The molecule has 0 aliphatic rings. The van der Waals surface area contributed by atoms with Crippen LogP contribution in [0.15, 0.2) is 109 Å². The van der Waals surface area contributed by atoms with E-state index in [9.17, 15) is 19.5 Å². The van der Waals surface area contributed by atoms with Gasteiger partial charge < -0.3 is 28.5 Å². The lowest BCUT2D eigenvalue weighted by atomic mass is 10.0. The molecule has 0 amide bonds. The van der Waals surface area contributed by atoms with Crippen molar-refractivity contribution in [2.75, 3.05) is 47.5 Å². The number of hydrogen-bond donors (Lipinski definition) is 1. The van der Waals surface area contributed by atoms with E-state index in [1.54, 1.807) is 0 Å². The molecule has 9 heteroatoms. The highest BCUT2D eigenvalue weighted by Crippen LogP contribution is 2.15. The van der Waals surface area contributed by atoms with Gasteiger partial charge in [0.25, 0.3) is 6.29 Å². The van der Waals surface area contributed by atoms with Gasteiger partial charge >= 0.3 is 17.9 Å². The second kappa shape index (κ2) is 56.2. The van der Waals surface area contributed by atoms with Gasteiger partial charge in [0.1, 0.15) is 13.2 Å². The Hall–Kier alpha value is -4.05. The van der Waals surface area contributed by atoms with E-state index in [1.165, 1.54) is 96.3 Å². The van der Waals surface area contributed by atoms with Crippen LogP contribution < -0.4 is 0 Å². The highest BCUT2D eigenvalue weighted by molar-refractivity contribution is 5.71. The summed E-state index contributed by atoms with van der Waals surface area (Å²) >= 11 is 0. The van der Waals surface area contributed by atoms with Gasteiger partial charge in [0.05, 0.1) is 34.4 Å². The van der Waals surface area contributed by atoms with E-state index in [0.29, 0.717) is 23.9 Å². The number of carboxylic acid groups (broad SMARTS) is 1. The van der Waals surface area contributed by atoms with Crippen molar-refractivity contribution in [1.29, 1.82) is 0 Å². The van der Waals surface area contributed by atoms with Crippen molar-refractivity contribution >= 4 is 17.9 Å². The quantitative estimate of drug-likeness (QED) is 0.0211. The first-order chi connectivity index (χ1) is 36.6. The Bertz CT molecular complexity index is 1590. The van der Waals surface area contributed by atoms with E-state index in [0.717, 1.165) is 103 Å². The van der Waals surface area contributed by atoms with Gasteiger partial charge in [-0.3, -0.25) is 9.59 Å². The molecule has 9 nitrogen and oxygen atoms in total. The highest BCUT2D eigenvalue weighted by Gasteiger charge is 2.25. The molecule has 0 rings (SSSR count). The van der Waals surface area contributed by atoms with Crippen LogP contribution in [0.25, 0.3) is 0 Å². The average molecular weight is 1050 g/mol. The van der Waals surface area contributed by atoms with Crippen molar-refractivity contribution in [3.63, 3.8) is 0 Å². The van der Waals surface area contributed by atoms with Crippen LogP contribution >= 0.6 is 0 Å². The Kier molecular flexibility index (Phi) is 53.1. The number of hydrogen-bond acceptors (Lipinski definition) is 7. The summed E-state index contributed by atoms with van der Waals surface area (Å²) in [7, 11) is 5.96. The molecule has 0 aromatic heterocycles. The number of likely N-dealkylation sites (N-methyl/N-ethyl adjacent to an activating group) is 1. The van der Waals surface area contributed by atoms with E-state index >= 15 is 0 Å². The summed E-state index contributed by atoms with van der Waals surface area (Å²) in [5.41, 5.74) is 0. The number of quaternary nitrogens is 1. The summed E-state index contributed by atoms with van der Waals surface area (Å²) in [5, 5.41) is 9.70. The molecule has 0 saturated heterocycles. The Labute approximate surface area is 460 Å². The minimum atomic E-state index is -1.52. The second-order valence-electron chi connectivity index (χ2n) is 20.9. The lowest BCUT2D eigenvalue weighted by molar-refractivity contribution is -0.870. The van der Waals surface area contributed by atoms with E-state index in [1.807, 2.05) is 21.1 Å². The molecule has 0 aliphatic heterocycles. The number of esters is 2. The largest absolute Gasteiger partial charge is 0.477 e. The number of rotatable bonds is 54. The first-order valence-corrected chi connectivity index (χ1v) is 30.1. The first kappa shape index (κ1) is 71.0. The predicted molar refractivity (Wildman–Crippen MR) is 318 cm³/mol. The van der Waals surface area contributed by atoms with Crippen molar-refractivity contribution in [3.05, 3.63) is 109 Å². The summed E-state index contributed by atoms with van der Waals surface area (Å²) in [6, 6.07) is 0. The van der Waals surface area contributed by atoms with Crippen LogP contribution in [-0.4, -0.2) is 87.4 Å². The van der Waals surface area contributed by atoms with Crippen molar-refractivity contribution in [1.82, 2.24) is 0 Å². The molecule has 0 aromatic rings. The van der Waals surface area contributed by atoms with Gasteiger partial charge in [0, 0.05) is 12.8 Å². The van der Waals surface area contributed by atoms with Gasteiger partial charge in [-0.2, -0.15) is 0 Å². The standard InChI is InChI=1S/C66H111NO8/c1-6-8-10-12-14-16-18-20-22-23-24-25-26-27-28-29-30-31-32-33-34-35-36-37-38-39-40-41-43-45-47-49-51-53-55-57-64(69)75-62(61-74-66(65(70)71)72-59-58-67(3,4)5)60-73-63(68)56-54-52-50-48-46-44-42-21-19-17-15-13-11-9-7-2/h8,10,14,16,20,22,24-25,27-28,30-31,33-34,36-37,39-40,62,66H,6-7,9,11-13,15,17-19,21,23,26,29,32,35,38,41-61H2,1-5H3/p+1/b10-8-,16-14-,22-20-,25-24-,28-27-,31-30-,34-33-,37-36-,40-39-. The summed E-state index contributed by atoms with van der Waals surface area (Å²) in [6.07, 6.45) is 74.5. The molecule has 0 radical (unpaired) electrons. The van der Waals surface area contributed by atoms with Gasteiger partial charge in [-0.1, -0.05) is 245 Å². The number of unbranched alkanes of at least 4 members (excludes halogenated alkanes) is 21. The molecular weight excluding hydrogens is 935 g/mol. The fraction of sp³-hybridized carbons (Fsp3) is 0.682. The van der Waals surface area contributed by atoms with Crippen LogP contribution in [0.1, 0.15) is 232 Å². The summed E-state index contributed by atoms with van der Waals surface area (Å²) in [5.74, 6) is -2.02. The van der Waals surface area contributed by atoms with Gasteiger partial charge in [0.15, 0.2) is 6.10 Å². The Morgan fingerprint density at radius 1 is 0.413 bits per heavy atom. The van der Waals surface area contributed by atoms with E-state index in [-0.39, 0.29) is 32.2 Å². The fourth-order valence-electron chi connectivity index (χ4n) is 7.95. The lowest BCUT2D eigenvalue weighted by Crippen LogP contribution is -2.40. The molecule has 0 fully saturated rings. The third-order valence-corrected chi connectivity index (χ3v) is 12.5. The molecule has 0 bridgehead atoms. The molecule has 428 valence electrons. The highest BCUT2D eigenvalue weighted by atomic mass is 16.7. The molecule has 0 heterocycles. The summed E-state index contributed by atoms with van der Waals surface area (Å²) in [4.78, 5) is 37.4. The maximum absolute atomic E-state index is 12.9. The lowest BCUT2D eigenvalue weighted by Gasteiger charge is -2.25. The molecule has 0 aliphatic carbocycles. The zero-order valence-electron chi connectivity index (χ0n) is 48.7.